The van der Waals surface area contributed by atoms with Gasteiger partial charge in [0.15, 0.2) is 15.8 Å². The molecule has 0 spiro atoms. The second-order valence-corrected chi connectivity index (χ2v) is 11.0. The minimum Gasteiger partial charge on any atom is -0.356 e. The Kier molecular flexibility index (Phi) is 5.82. The number of nitrogens with one attached hydrogen (secondary N) is 1. The van der Waals surface area contributed by atoms with E-state index in [2.05, 4.69) is 53.3 Å². The first-order valence-corrected chi connectivity index (χ1v) is 10.4. The number of benzene rings is 1. The molecule has 0 amide bonds. The lowest BCUT2D eigenvalue weighted by Crippen LogP contribution is -2.57. The molecule has 140 valence electrons. The van der Waals surface area contributed by atoms with Crippen LogP contribution in [0.5, 0.6) is 0 Å². The van der Waals surface area contributed by atoms with Gasteiger partial charge < -0.3 is 10.2 Å². The van der Waals surface area contributed by atoms with Crippen molar-refractivity contribution < 1.29 is 8.42 Å². The van der Waals surface area contributed by atoms with E-state index in [1.807, 2.05) is 6.07 Å². The molecule has 1 saturated heterocycles. The number of aliphatic imine (C=N–C) groups is 1. The predicted molar refractivity (Wildman–Crippen MR) is 105 cm³/mol. The number of guanidine groups is 1. The van der Waals surface area contributed by atoms with E-state index in [4.69, 9.17) is 0 Å². The average Bonchev–Trinajstić information content (AvgIpc) is 2.52. The Balaban J connectivity index is 1.98. The molecule has 5 nitrogen and oxygen atoms in total. The van der Waals surface area contributed by atoms with Crippen LogP contribution in [-0.2, 0) is 16.3 Å². The zero-order valence-corrected chi connectivity index (χ0v) is 16.9. The van der Waals surface area contributed by atoms with Gasteiger partial charge in [0.2, 0.25) is 0 Å². The van der Waals surface area contributed by atoms with Gasteiger partial charge in [-0.15, -0.1) is 0 Å². The first-order valence-electron chi connectivity index (χ1n) is 8.78. The van der Waals surface area contributed by atoms with Crippen molar-refractivity contribution in [2.75, 3.05) is 32.4 Å². The molecule has 1 aromatic carbocycles. The number of hydrogen-bond acceptors (Lipinski definition) is 3. The number of sulfone groups is 1. The predicted octanol–water partition coefficient (Wildman–Crippen LogP) is 2.34. The molecule has 1 N–H and O–H groups in total. The van der Waals surface area contributed by atoms with Crippen molar-refractivity contribution in [2.45, 2.75) is 38.9 Å². The topological polar surface area (TPSA) is 61.8 Å². The Morgan fingerprint density at radius 2 is 1.92 bits per heavy atom. The third-order valence-electron chi connectivity index (χ3n) is 4.81. The van der Waals surface area contributed by atoms with Gasteiger partial charge in [-0.1, -0.05) is 44.2 Å². The summed E-state index contributed by atoms with van der Waals surface area (Å²) in [5.41, 5.74) is 1.38. The maximum absolute atomic E-state index is 12.2. The lowest BCUT2D eigenvalue weighted by Gasteiger charge is -2.40. The summed E-state index contributed by atoms with van der Waals surface area (Å²) in [5.74, 6) is 0.956. The maximum atomic E-state index is 12.2. The summed E-state index contributed by atoms with van der Waals surface area (Å²) in [5, 5.41) is 3.45. The number of rotatable bonds is 4. The van der Waals surface area contributed by atoms with Crippen LogP contribution in [0.4, 0.5) is 0 Å². The molecule has 2 rings (SSSR count). The molecule has 1 aliphatic rings. The van der Waals surface area contributed by atoms with Crippen LogP contribution in [0.3, 0.4) is 0 Å². The van der Waals surface area contributed by atoms with Crippen molar-refractivity contribution in [3.8, 4) is 0 Å². The molecule has 1 heterocycles. The van der Waals surface area contributed by atoms with Gasteiger partial charge in [0.05, 0.1) is 10.5 Å². The smallest absolute Gasteiger partial charge is 0.193 e. The Hall–Kier alpha value is -1.56. The van der Waals surface area contributed by atoms with Crippen LogP contribution in [0, 0.1) is 5.41 Å². The summed E-state index contributed by atoms with van der Waals surface area (Å²) in [6.07, 6.45) is 0.970. The van der Waals surface area contributed by atoms with Crippen molar-refractivity contribution in [3.63, 3.8) is 0 Å². The van der Waals surface area contributed by atoms with Crippen molar-refractivity contribution >= 4 is 15.8 Å². The third kappa shape index (κ3) is 4.97. The van der Waals surface area contributed by atoms with Crippen LogP contribution in [0.15, 0.2) is 35.3 Å². The van der Waals surface area contributed by atoms with Crippen LogP contribution >= 0.6 is 0 Å². The average molecular weight is 366 g/mol. The highest BCUT2D eigenvalue weighted by Crippen LogP contribution is 2.24. The molecule has 1 aromatic rings. The van der Waals surface area contributed by atoms with E-state index in [1.165, 1.54) is 5.56 Å². The minimum absolute atomic E-state index is 0.0642. The van der Waals surface area contributed by atoms with E-state index < -0.39 is 14.6 Å². The van der Waals surface area contributed by atoms with Gasteiger partial charge in [0.25, 0.3) is 0 Å². The van der Waals surface area contributed by atoms with E-state index in [0.29, 0.717) is 13.1 Å². The molecular formula is C19H31N3O2S. The Bertz CT molecular complexity index is 709. The molecule has 0 aliphatic carbocycles. The SMILES string of the molecule is CN=C(NCC(C)(C)Cc1ccccc1)N1CCS(=O)(=O)C(C)(C)C1. The molecule has 0 unspecified atom stereocenters. The molecule has 25 heavy (non-hydrogen) atoms. The number of hydrogen-bond donors (Lipinski definition) is 1. The molecule has 1 fully saturated rings. The zero-order valence-electron chi connectivity index (χ0n) is 16.0. The van der Waals surface area contributed by atoms with Crippen molar-refractivity contribution in [2.24, 2.45) is 10.4 Å². The number of nitrogens with zero attached hydrogens (tertiary/aromatic N) is 2. The van der Waals surface area contributed by atoms with E-state index in [1.54, 1.807) is 20.9 Å². The van der Waals surface area contributed by atoms with Gasteiger partial charge >= 0.3 is 0 Å². The molecule has 0 aromatic heterocycles. The normalized spacial score (nSPS) is 20.4. The fraction of sp³-hybridized carbons (Fsp3) is 0.632. The van der Waals surface area contributed by atoms with E-state index >= 15 is 0 Å². The van der Waals surface area contributed by atoms with Gasteiger partial charge in [-0.3, -0.25) is 4.99 Å². The Morgan fingerprint density at radius 1 is 1.28 bits per heavy atom. The van der Waals surface area contributed by atoms with Crippen LogP contribution in [0.25, 0.3) is 0 Å². The molecule has 0 saturated carbocycles. The summed E-state index contributed by atoms with van der Waals surface area (Å²) >= 11 is 0. The fourth-order valence-electron chi connectivity index (χ4n) is 3.19. The van der Waals surface area contributed by atoms with Gasteiger partial charge in [0, 0.05) is 26.7 Å². The summed E-state index contributed by atoms with van der Waals surface area (Å²) in [4.78, 5) is 6.43. The third-order valence-corrected chi connectivity index (χ3v) is 7.34. The molecule has 6 heteroatoms. The first kappa shape index (κ1) is 19.8. The van der Waals surface area contributed by atoms with Crippen molar-refractivity contribution in [1.82, 2.24) is 10.2 Å². The molecule has 0 atom stereocenters. The zero-order chi connectivity index (χ0) is 18.7. The highest BCUT2D eigenvalue weighted by atomic mass is 32.2. The summed E-state index contributed by atoms with van der Waals surface area (Å²) in [6, 6.07) is 10.5. The fourth-order valence-corrected chi connectivity index (χ4v) is 4.55. The largest absolute Gasteiger partial charge is 0.356 e. The second kappa shape index (κ2) is 7.36. The van der Waals surface area contributed by atoms with Crippen LogP contribution in [0.1, 0.15) is 33.3 Å². The lowest BCUT2D eigenvalue weighted by atomic mass is 9.86. The first-order chi connectivity index (χ1) is 11.6. The lowest BCUT2D eigenvalue weighted by molar-refractivity contribution is 0.326. The molecule has 0 bridgehead atoms. The summed E-state index contributed by atoms with van der Waals surface area (Å²) in [6.45, 7) is 9.77. The van der Waals surface area contributed by atoms with Gasteiger partial charge in [-0.25, -0.2) is 8.42 Å². The Labute approximate surface area is 152 Å². The van der Waals surface area contributed by atoms with E-state index in [9.17, 15) is 8.42 Å². The summed E-state index contributed by atoms with van der Waals surface area (Å²) in [7, 11) is -1.29. The van der Waals surface area contributed by atoms with Crippen LogP contribution < -0.4 is 5.32 Å². The molecule has 0 radical (unpaired) electrons. The van der Waals surface area contributed by atoms with Crippen LogP contribution in [0.2, 0.25) is 0 Å². The highest BCUT2D eigenvalue weighted by Gasteiger charge is 2.41. The quantitative estimate of drug-likeness (QED) is 0.657. The van der Waals surface area contributed by atoms with Gasteiger partial charge in [-0.2, -0.15) is 0 Å². The standard InChI is InChI=1S/C19H31N3O2S/c1-18(2,13-16-9-7-6-8-10-16)14-21-17(20-5)22-11-12-25(23,24)19(3,4)15-22/h6-10H,11-15H2,1-5H3,(H,20,21). The van der Waals surface area contributed by atoms with E-state index in [-0.39, 0.29) is 11.2 Å². The maximum Gasteiger partial charge on any atom is 0.193 e. The Morgan fingerprint density at radius 3 is 2.48 bits per heavy atom. The summed E-state index contributed by atoms with van der Waals surface area (Å²) < 4.78 is 23.6. The molecule has 1 aliphatic heterocycles. The van der Waals surface area contributed by atoms with E-state index in [0.717, 1.165) is 18.9 Å². The van der Waals surface area contributed by atoms with Crippen molar-refractivity contribution in [3.05, 3.63) is 35.9 Å². The van der Waals surface area contributed by atoms with Gasteiger partial charge in [0.1, 0.15) is 0 Å². The highest BCUT2D eigenvalue weighted by molar-refractivity contribution is 7.92. The minimum atomic E-state index is -3.04. The molecular weight excluding hydrogens is 334 g/mol. The van der Waals surface area contributed by atoms with Crippen LogP contribution in [-0.4, -0.2) is 56.5 Å². The monoisotopic (exact) mass is 365 g/mol. The van der Waals surface area contributed by atoms with Gasteiger partial charge in [-0.05, 0) is 31.2 Å². The van der Waals surface area contributed by atoms with Crippen molar-refractivity contribution in [1.29, 1.82) is 0 Å². The second-order valence-electron chi connectivity index (χ2n) is 8.23.